The smallest absolute Gasteiger partial charge is 0.254 e. The Morgan fingerprint density at radius 1 is 1.07 bits per heavy atom. The Morgan fingerprint density at radius 3 is 2.56 bits per heavy atom. The summed E-state index contributed by atoms with van der Waals surface area (Å²) < 4.78 is 0. The molecule has 2 nitrogen and oxygen atoms in total. The van der Waals surface area contributed by atoms with Gasteiger partial charge in [-0.25, -0.2) is 0 Å². The number of amides is 1. The van der Waals surface area contributed by atoms with Crippen LogP contribution in [0.15, 0.2) is 48.5 Å². The molecule has 2 aliphatic rings. The van der Waals surface area contributed by atoms with E-state index in [1.165, 1.54) is 6.42 Å². The van der Waals surface area contributed by atoms with Gasteiger partial charge in [0, 0.05) is 23.0 Å². The first-order chi connectivity index (χ1) is 13.0. The van der Waals surface area contributed by atoms with E-state index < -0.39 is 0 Å². The molecule has 4 heteroatoms. The number of fused-ring (bicyclic) bond motifs is 1. The molecule has 1 aliphatic heterocycles. The average molecular weight is 402 g/mol. The lowest BCUT2D eigenvalue weighted by atomic mass is 9.68. The maximum Gasteiger partial charge on any atom is 0.254 e. The second-order valence-corrected chi connectivity index (χ2v) is 9.13. The Labute approximate surface area is 171 Å². The maximum absolute atomic E-state index is 13.4. The molecule has 2 aromatic carbocycles. The van der Waals surface area contributed by atoms with Gasteiger partial charge in [-0.2, -0.15) is 0 Å². The van der Waals surface area contributed by atoms with Crippen LogP contribution < -0.4 is 0 Å². The summed E-state index contributed by atoms with van der Waals surface area (Å²) in [5, 5.41) is 0.718. The highest BCUT2D eigenvalue weighted by atomic mass is 35.5. The number of benzene rings is 2. The number of aryl methyl sites for hydroxylation is 1. The largest absolute Gasteiger partial charge is 0.331 e. The fraction of sp³-hybridized carbons (Fsp3) is 0.435. The van der Waals surface area contributed by atoms with Gasteiger partial charge in [0.05, 0.1) is 10.9 Å². The van der Waals surface area contributed by atoms with Crippen LogP contribution in [0.1, 0.15) is 59.6 Å². The van der Waals surface area contributed by atoms with Crippen LogP contribution >= 0.6 is 23.2 Å². The van der Waals surface area contributed by atoms with Gasteiger partial charge in [-0.05, 0) is 49.9 Å². The molecule has 3 unspecified atom stereocenters. The van der Waals surface area contributed by atoms with Crippen LogP contribution in [0.3, 0.4) is 0 Å². The number of alkyl halides is 1. The van der Waals surface area contributed by atoms with Gasteiger partial charge in [-0.1, -0.05) is 60.3 Å². The topological polar surface area (TPSA) is 20.3 Å². The van der Waals surface area contributed by atoms with Crippen molar-refractivity contribution in [3.8, 4) is 0 Å². The molecule has 1 saturated heterocycles. The third-order valence-electron chi connectivity index (χ3n) is 6.29. The lowest BCUT2D eigenvalue weighted by molar-refractivity contribution is 0.0280. The molecule has 4 rings (SSSR count). The molecule has 27 heavy (non-hydrogen) atoms. The molecule has 0 bridgehead atoms. The van der Waals surface area contributed by atoms with Crippen molar-refractivity contribution in [3.05, 3.63) is 70.2 Å². The van der Waals surface area contributed by atoms with Crippen LogP contribution in [-0.2, 0) is 0 Å². The third kappa shape index (κ3) is 3.50. The van der Waals surface area contributed by atoms with Gasteiger partial charge in [0.15, 0.2) is 0 Å². The molecule has 2 fully saturated rings. The molecule has 0 radical (unpaired) electrons. The van der Waals surface area contributed by atoms with Gasteiger partial charge < -0.3 is 4.90 Å². The Hall–Kier alpha value is -1.51. The molecular weight excluding hydrogens is 377 g/mol. The van der Waals surface area contributed by atoms with Crippen LogP contribution in [0.4, 0.5) is 0 Å². The first-order valence-electron chi connectivity index (χ1n) is 9.80. The summed E-state index contributed by atoms with van der Waals surface area (Å²) in [6, 6.07) is 15.7. The molecule has 142 valence electrons. The Bertz CT molecular complexity index is 835. The van der Waals surface area contributed by atoms with Gasteiger partial charge >= 0.3 is 0 Å². The van der Waals surface area contributed by atoms with Crippen molar-refractivity contribution >= 4 is 29.1 Å². The van der Waals surface area contributed by atoms with Crippen molar-refractivity contribution in [2.75, 3.05) is 6.54 Å². The highest BCUT2D eigenvalue weighted by Gasteiger charge is 2.50. The number of hydrogen-bond acceptors (Lipinski definition) is 1. The molecule has 1 amide bonds. The monoisotopic (exact) mass is 401 g/mol. The van der Waals surface area contributed by atoms with Gasteiger partial charge in [-0.3, -0.25) is 4.79 Å². The summed E-state index contributed by atoms with van der Waals surface area (Å²) in [6.45, 7) is 2.70. The zero-order valence-corrected chi connectivity index (χ0v) is 17.1. The normalized spacial score (nSPS) is 27.9. The number of rotatable bonds is 2. The fourth-order valence-corrected chi connectivity index (χ4v) is 5.52. The van der Waals surface area contributed by atoms with E-state index in [0.717, 1.165) is 47.4 Å². The first kappa shape index (κ1) is 18.8. The molecule has 1 saturated carbocycles. The minimum Gasteiger partial charge on any atom is -0.331 e. The molecular formula is C23H25Cl2NO. The maximum atomic E-state index is 13.4. The van der Waals surface area contributed by atoms with Crippen molar-refractivity contribution in [1.82, 2.24) is 4.90 Å². The van der Waals surface area contributed by atoms with E-state index in [2.05, 4.69) is 6.07 Å². The number of halogens is 2. The summed E-state index contributed by atoms with van der Waals surface area (Å²) in [5.41, 5.74) is 2.91. The van der Waals surface area contributed by atoms with E-state index in [-0.39, 0.29) is 22.7 Å². The van der Waals surface area contributed by atoms with E-state index >= 15 is 0 Å². The lowest BCUT2D eigenvalue weighted by Gasteiger charge is -2.52. The summed E-state index contributed by atoms with van der Waals surface area (Å²) >= 11 is 13.7. The second kappa shape index (κ2) is 7.48. The average Bonchev–Trinajstić information content (AvgIpc) is 2.67. The summed E-state index contributed by atoms with van der Waals surface area (Å²) in [6.07, 6.45) is 5.23. The van der Waals surface area contributed by atoms with Gasteiger partial charge in [-0.15, -0.1) is 11.6 Å². The molecule has 3 atom stereocenters. The Balaban J connectivity index is 1.76. The first-order valence-corrected chi connectivity index (χ1v) is 10.6. The van der Waals surface area contributed by atoms with Crippen LogP contribution in [0.5, 0.6) is 0 Å². The summed E-state index contributed by atoms with van der Waals surface area (Å²) in [5.74, 6) is 0.306. The number of likely N-dealkylation sites (tertiary alicyclic amines) is 1. The quantitative estimate of drug-likeness (QED) is 0.532. The Morgan fingerprint density at radius 2 is 1.81 bits per heavy atom. The van der Waals surface area contributed by atoms with Crippen molar-refractivity contribution < 1.29 is 4.79 Å². The minimum absolute atomic E-state index is 0.0703. The van der Waals surface area contributed by atoms with Crippen LogP contribution in [0.25, 0.3) is 0 Å². The number of piperidine rings is 1. The van der Waals surface area contributed by atoms with Crippen molar-refractivity contribution in [1.29, 1.82) is 0 Å². The Kier molecular flexibility index (Phi) is 5.22. The SMILES string of the molecule is Cc1ccc(C(=O)N2CCC3(Cl)CCCCC3C2c2ccccc2Cl)cc1. The molecule has 1 heterocycles. The van der Waals surface area contributed by atoms with Crippen molar-refractivity contribution in [2.45, 2.75) is 49.9 Å². The minimum atomic E-state index is -0.230. The fourth-order valence-electron chi connectivity index (χ4n) is 4.83. The summed E-state index contributed by atoms with van der Waals surface area (Å²) in [4.78, 5) is 15.2. The van der Waals surface area contributed by atoms with Crippen LogP contribution in [-0.4, -0.2) is 22.2 Å². The zero-order chi connectivity index (χ0) is 19.0. The van der Waals surface area contributed by atoms with Crippen molar-refractivity contribution in [2.24, 2.45) is 5.92 Å². The molecule has 0 spiro atoms. The molecule has 0 N–H and O–H groups in total. The van der Waals surface area contributed by atoms with Gasteiger partial charge in [0.25, 0.3) is 5.91 Å². The standard InChI is InChI=1S/C23H25Cl2NO/c1-16-9-11-17(12-10-16)22(27)26-15-14-23(25)13-5-4-7-19(23)21(26)18-6-2-3-8-20(18)24/h2-3,6,8-12,19,21H,4-5,7,13-15H2,1H3. The number of hydrogen-bond donors (Lipinski definition) is 0. The van der Waals surface area contributed by atoms with E-state index in [4.69, 9.17) is 23.2 Å². The molecule has 2 aromatic rings. The zero-order valence-electron chi connectivity index (χ0n) is 15.6. The predicted molar refractivity (Wildman–Crippen MR) is 112 cm³/mol. The van der Waals surface area contributed by atoms with E-state index in [0.29, 0.717) is 6.54 Å². The highest BCUT2D eigenvalue weighted by Crippen LogP contribution is 2.53. The summed E-state index contributed by atoms with van der Waals surface area (Å²) in [7, 11) is 0. The third-order valence-corrected chi connectivity index (χ3v) is 7.29. The number of carbonyl (C=O) groups excluding carboxylic acids is 1. The lowest BCUT2D eigenvalue weighted by Crippen LogP contribution is -2.53. The number of carbonyl (C=O) groups is 1. The van der Waals surface area contributed by atoms with Gasteiger partial charge in [0.2, 0.25) is 0 Å². The van der Waals surface area contributed by atoms with Crippen LogP contribution in [0, 0.1) is 12.8 Å². The molecule has 1 aliphatic carbocycles. The number of nitrogens with zero attached hydrogens (tertiary/aromatic N) is 1. The van der Waals surface area contributed by atoms with E-state index in [1.807, 2.05) is 54.3 Å². The predicted octanol–water partition coefficient (Wildman–Crippen LogP) is 6.40. The highest BCUT2D eigenvalue weighted by molar-refractivity contribution is 6.31. The van der Waals surface area contributed by atoms with E-state index in [1.54, 1.807) is 0 Å². The van der Waals surface area contributed by atoms with Crippen LogP contribution in [0.2, 0.25) is 5.02 Å². The molecule has 0 aromatic heterocycles. The van der Waals surface area contributed by atoms with Crippen molar-refractivity contribution in [3.63, 3.8) is 0 Å². The van der Waals surface area contributed by atoms with Gasteiger partial charge in [0.1, 0.15) is 0 Å². The second-order valence-electron chi connectivity index (χ2n) is 7.97. The van der Waals surface area contributed by atoms with E-state index in [9.17, 15) is 4.79 Å².